The first-order chi connectivity index (χ1) is 26.3. The third-order valence-corrected chi connectivity index (χ3v) is 11.2. The summed E-state index contributed by atoms with van der Waals surface area (Å²) in [6.45, 7) is 0. The topological polar surface area (TPSA) is 3.24 Å². The van der Waals surface area contributed by atoms with Gasteiger partial charge in [0.1, 0.15) is 0 Å². The Bertz CT molecular complexity index is 3050. The second-order valence-corrected chi connectivity index (χ2v) is 14.0. The summed E-state index contributed by atoms with van der Waals surface area (Å²) < 4.78 is 0. The smallest absolute Gasteiger partial charge is 0.0546 e. The highest BCUT2D eigenvalue weighted by Crippen LogP contribution is 2.53. The van der Waals surface area contributed by atoms with Crippen LogP contribution in [0.25, 0.3) is 87.6 Å². The number of benzene rings is 10. The molecule has 1 heteroatoms. The van der Waals surface area contributed by atoms with E-state index in [9.17, 15) is 0 Å². The highest BCUT2D eigenvalue weighted by molar-refractivity contribution is 6.27. The van der Waals surface area contributed by atoms with E-state index in [1.807, 2.05) is 0 Å². The first-order valence-corrected chi connectivity index (χ1v) is 18.4. The molecule has 0 unspecified atom stereocenters. The minimum atomic E-state index is 1.12. The Morgan fingerprint density at radius 1 is 0.283 bits per heavy atom. The lowest BCUT2D eigenvalue weighted by Crippen LogP contribution is -2.10. The zero-order chi connectivity index (χ0) is 34.9. The van der Waals surface area contributed by atoms with Crippen LogP contribution in [-0.4, -0.2) is 0 Å². The van der Waals surface area contributed by atoms with Crippen molar-refractivity contribution >= 4 is 60.2 Å². The normalized spacial score (nSPS) is 11.8. The van der Waals surface area contributed by atoms with E-state index >= 15 is 0 Å². The van der Waals surface area contributed by atoms with Crippen LogP contribution in [0.15, 0.2) is 200 Å². The quantitative estimate of drug-likeness (QED) is 0.133. The highest BCUT2D eigenvalue weighted by Gasteiger charge is 2.25. The fourth-order valence-electron chi connectivity index (χ4n) is 8.93. The Kier molecular flexibility index (Phi) is 6.62. The predicted octanol–water partition coefficient (Wildman–Crippen LogP) is 14.8. The van der Waals surface area contributed by atoms with Crippen molar-refractivity contribution in [3.05, 3.63) is 200 Å². The van der Waals surface area contributed by atoms with E-state index in [-0.39, 0.29) is 0 Å². The zero-order valence-electron chi connectivity index (χ0n) is 29.0. The van der Waals surface area contributed by atoms with Crippen LogP contribution in [0.5, 0.6) is 0 Å². The van der Waals surface area contributed by atoms with Crippen molar-refractivity contribution in [1.82, 2.24) is 0 Å². The molecule has 10 aromatic rings. The molecule has 0 atom stereocenters. The van der Waals surface area contributed by atoms with Gasteiger partial charge in [0.2, 0.25) is 0 Å². The fraction of sp³-hybridized carbons (Fsp3) is 0. The van der Waals surface area contributed by atoms with Crippen LogP contribution < -0.4 is 4.90 Å². The van der Waals surface area contributed by atoms with Gasteiger partial charge in [-0.2, -0.15) is 0 Å². The van der Waals surface area contributed by atoms with Gasteiger partial charge in [0.15, 0.2) is 0 Å². The molecule has 0 N–H and O–H groups in total. The van der Waals surface area contributed by atoms with Crippen LogP contribution >= 0.6 is 0 Å². The molecule has 0 aromatic heterocycles. The molecule has 1 nitrogen and oxygen atoms in total. The van der Waals surface area contributed by atoms with Crippen molar-refractivity contribution in [2.45, 2.75) is 0 Å². The molecular weight excluding hydrogens is 639 g/mol. The molecular formula is C52H33N. The van der Waals surface area contributed by atoms with Crippen molar-refractivity contribution in [3.63, 3.8) is 0 Å². The van der Waals surface area contributed by atoms with Gasteiger partial charge in [0.25, 0.3) is 0 Å². The Hall–Kier alpha value is -6.96. The largest absolute Gasteiger partial charge is 0.310 e. The third-order valence-electron chi connectivity index (χ3n) is 11.2. The molecule has 53 heavy (non-hydrogen) atoms. The summed E-state index contributed by atoms with van der Waals surface area (Å²) in [5, 5.41) is 10.1. The van der Waals surface area contributed by atoms with Gasteiger partial charge in [0.05, 0.1) is 5.69 Å². The van der Waals surface area contributed by atoms with Crippen LogP contribution in [0.2, 0.25) is 0 Å². The third kappa shape index (κ3) is 4.51. The second-order valence-electron chi connectivity index (χ2n) is 14.0. The van der Waals surface area contributed by atoms with Gasteiger partial charge in [-0.3, -0.25) is 0 Å². The predicted molar refractivity (Wildman–Crippen MR) is 226 cm³/mol. The zero-order valence-corrected chi connectivity index (χ0v) is 29.0. The van der Waals surface area contributed by atoms with Crippen molar-refractivity contribution in [2.75, 3.05) is 4.90 Å². The van der Waals surface area contributed by atoms with Gasteiger partial charge >= 0.3 is 0 Å². The van der Waals surface area contributed by atoms with E-state index in [0.29, 0.717) is 0 Å². The average molecular weight is 672 g/mol. The fourth-order valence-corrected chi connectivity index (χ4v) is 8.93. The molecule has 0 radical (unpaired) electrons. The molecule has 11 rings (SSSR count). The SMILES string of the molecule is c1ccc(N(c2ccc(-c3c4ccccc4c4c5c(cccc35)-c3ccccc3-c3ccccc3-4)cc2)c2cc3ccccc3c3ccccc23)cc1. The highest BCUT2D eigenvalue weighted by atomic mass is 15.1. The van der Waals surface area contributed by atoms with Crippen molar-refractivity contribution in [1.29, 1.82) is 0 Å². The Morgan fingerprint density at radius 2 is 0.774 bits per heavy atom. The maximum Gasteiger partial charge on any atom is 0.0546 e. The van der Waals surface area contributed by atoms with Gasteiger partial charge in [0, 0.05) is 16.8 Å². The van der Waals surface area contributed by atoms with Gasteiger partial charge in [-0.15, -0.1) is 0 Å². The first-order valence-electron chi connectivity index (χ1n) is 18.4. The molecule has 0 spiro atoms. The molecule has 0 aliphatic heterocycles. The molecule has 0 heterocycles. The van der Waals surface area contributed by atoms with E-state index in [2.05, 4.69) is 205 Å². The molecule has 0 amide bonds. The van der Waals surface area contributed by atoms with Gasteiger partial charge in [-0.1, -0.05) is 170 Å². The van der Waals surface area contributed by atoms with E-state index in [1.165, 1.54) is 93.3 Å². The summed E-state index contributed by atoms with van der Waals surface area (Å²) >= 11 is 0. The first kappa shape index (κ1) is 29.7. The second kappa shape index (κ2) is 11.8. The molecule has 1 aliphatic rings. The number of nitrogens with zero attached hydrogens (tertiary/aromatic N) is 1. The van der Waals surface area contributed by atoms with Gasteiger partial charge in [-0.05, 0) is 113 Å². The lowest BCUT2D eigenvalue weighted by atomic mass is 9.84. The average Bonchev–Trinajstić information content (AvgIpc) is 3.36. The van der Waals surface area contributed by atoms with E-state index in [1.54, 1.807) is 0 Å². The maximum absolute atomic E-state index is 2.41. The van der Waals surface area contributed by atoms with Gasteiger partial charge < -0.3 is 4.90 Å². The summed E-state index contributed by atoms with van der Waals surface area (Å²) in [5.41, 5.74) is 13.6. The molecule has 0 bridgehead atoms. The standard InChI is InChI=1S/C52H33N/c1-2-16-36(17-3-1)53(49-33-35-15-4-5-18-38(35)39-19-8-10-23-43(39)49)37-31-29-34(30-32-37)50-46-25-12-13-26-47(46)51-44-24-11-9-22-41(44)40-20-6-7-21-42(40)45-27-14-28-48(50)52(45)51/h1-33H. The van der Waals surface area contributed by atoms with Crippen molar-refractivity contribution in [3.8, 4) is 44.5 Å². The lowest BCUT2D eigenvalue weighted by Gasteiger charge is -2.28. The number of anilines is 3. The summed E-state index contributed by atoms with van der Waals surface area (Å²) in [4.78, 5) is 2.41. The lowest BCUT2D eigenvalue weighted by molar-refractivity contribution is 1.30. The molecule has 0 fully saturated rings. The Labute approximate surface area is 308 Å². The summed E-state index contributed by atoms with van der Waals surface area (Å²) in [6.07, 6.45) is 0. The Morgan fingerprint density at radius 3 is 1.51 bits per heavy atom. The number of hydrogen-bond donors (Lipinski definition) is 0. The van der Waals surface area contributed by atoms with Crippen LogP contribution in [-0.2, 0) is 0 Å². The minimum Gasteiger partial charge on any atom is -0.310 e. The van der Waals surface area contributed by atoms with Crippen LogP contribution in [0, 0.1) is 0 Å². The van der Waals surface area contributed by atoms with Crippen LogP contribution in [0.4, 0.5) is 17.1 Å². The number of rotatable bonds is 4. The molecule has 10 aromatic carbocycles. The molecule has 1 aliphatic carbocycles. The number of para-hydroxylation sites is 1. The molecule has 246 valence electrons. The minimum absolute atomic E-state index is 1.12. The van der Waals surface area contributed by atoms with Crippen LogP contribution in [0.1, 0.15) is 0 Å². The van der Waals surface area contributed by atoms with E-state index in [4.69, 9.17) is 0 Å². The van der Waals surface area contributed by atoms with E-state index < -0.39 is 0 Å². The summed E-state index contributed by atoms with van der Waals surface area (Å²) in [5.74, 6) is 0. The van der Waals surface area contributed by atoms with Crippen molar-refractivity contribution in [2.24, 2.45) is 0 Å². The summed E-state index contributed by atoms with van der Waals surface area (Å²) in [6, 6.07) is 73.5. The molecule has 0 saturated carbocycles. The monoisotopic (exact) mass is 671 g/mol. The van der Waals surface area contributed by atoms with Crippen LogP contribution in [0.3, 0.4) is 0 Å². The van der Waals surface area contributed by atoms with Gasteiger partial charge in [-0.25, -0.2) is 0 Å². The van der Waals surface area contributed by atoms with Crippen molar-refractivity contribution < 1.29 is 0 Å². The Balaban J connectivity index is 1.16. The summed E-state index contributed by atoms with van der Waals surface area (Å²) in [7, 11) is 0. The van der Waals surface area contributed by atoms with E-state index in [0.717, 1.165) is 11.4 Å². The molecule has 0 saturated heterocycles. The maximum atomic E-state index is 2.41. The number of hydrogen-bond acceptors (Lipinski definition) is 1. The number of fused-ring (bicyclic) bond motifs is 10.